The molecule has 12 aromatic rings. The molecule has 0 aromatic heterocycles. The van der Waals surface area contributed by atoms with Crippen LogP contribution in [-0.2, 0) is 0 Å². The standard InChI is InChI=1S/C49H28/c1-27-26-43(38-21-15-33-11-9-29-5-3-7-31-17-23-40(38)47(33)45(29)31)42-25-24-41-37(20-14-34-12-18-35(27)49(42)48(34)41)36-19-13-32-10-8-28-4-2-6-30-16-22-39(36)46(32)44(28)30/h2-26H,1H3. The summed E-state index contributed by atoms with van der Waals surface area (Å²) in [6, 6.07) is 57.6. The minimum absolute atomic E-state index is 1.29. The van der Waals surface area contributed by atoms with Gasteiger partial charge in [-0.25, -0.2) is 0 Å². The molecule has 0 aliphatic rings. The fourth-order valence-electron chi connectivity index (χ4n) is 9.47. The summed E-state index contributed by atoms with van der Waals surface area (Å²) in [5.74, 6) is 0. The largest absolute Gasteiger partial charge is 0.0610 e. The molecule has 0 fully saturated rings. The minimum Gasteiger partial charge on any atom is -0.0610 e. The highest BCUT2D eigenvalue weighted by atomic mass is 14.2. The van der Waals surface area contributed by atoms with Crippen LogP contribution in [0.4, 0.5) is 0 Å². The van der Waals surface area contributed by atoms with Crippen LogP contribution in [0.25, 0.3) is 119 Å². The van der Waals surface area contributed by atoms with Crippen LogP contribution in [0.3, 0.4) is 0 Å². The Labute approximate surface area is 282 Å². The van der Waals surface area contributed by atoms with Crippen molar-refractivity contribution in [2.45, 2.75) is 6.92 Å². The van der Waals surface area contributed by atoms with Crippen LogP contribution in [0.5, 0.6) is 0 Å². The number of rotatable bonds is 2. The second-order valence-corrected chi connectivity index (χ2v) is 14.0. The van der Waals surface area contributed by atoms with Gasteiger partial charge in [-0.05, 0) is 132 Å². The van der Waals surface area contributed by atoms with Gasteiger partial charge < -0.3 is 0 Å². The van der Waals surface area contributed by atoms with E-state index in [9.17, 15) is 0 Å². The third-order valence-electron chi connectivity index (χ3n) is 11.6. The molecule has 0 saturated heterocycles. The smallest absolute Gasteiger partial charge is 0.00177 e. The molecule has 0 saturated carbocycles. The predicted octanol–water partition coefficient (Wildman–Crippen LogP) is 14.0. The second kappa shape index (κ2) is 9.01. The van der Waals surface area contributed by atoms with Crippen LogP contribution in [0.2, 0.25) is 0 Å². The minimum atomic E-state index is 1.29. The maximum atomic E-state index is 2.43. The normalized spacial score (nSPS) is 12.6. The third kappa shape index (κ3) is 3.24. The quantitative estimate of drug-likeness (QED) is 0.170. The Morgan fingerprint density at radius 3 is 1.02 bits per heavy atom. The lowest BCUT2D eigenvalue weighted by Crippen LogP contribution is -1.93. The van der Waals surface area contributed by atoms with Crippen molar-refractivity contribution in [2.24, 2.45) is 0 Å². The van der Waals surface area contributed by atoms with Gasteiger partial charge in [0.1, 0.15) is 0 Å². The molecule has 0 spiro atoms. The van der Waals surface area contributed by atoms with Gasteiger partial charge in [-0.3, -0.25) is 0 Å². The molecule has 0 nitrogen and oxygen atoms in total. The lowest BCUT2D eigenvalue weighted by molar-refractivity contribution is 1.54. The van der Waals surface area contributed by atoms with E-state index in [1.54, 1.807) is 0 Å². The van der Waals surface area contributed by atoms with Crippen LogP contribution in [-0.4, -0.2) is 0 Å². The van der Waals surface area contributed by atoms with E-state index in [4.69, 9.17) is 0 Å². The first-order chi connectivity index (χ1) is 24.2. The molecular weight excluding hydrogens is 589 g/mol. The monoisotopic (exact) mass is 616 g/mol. The predicted molar refractivity (Wildman–Crippen MR) is 213 cm³/mol. The summed E-state index contributed by atoms with van der Waals surface area (Å²) in [5, 5.41) is 23.9. The average molecular weight is 617 g/mol. The van der Waals surface area contributed by atoms with Crippen molar-refractivity contribution in [1.82, 2.24) is 0 Å². The molecule has 12 aromatic carbocycles. The molecule has 12 rings (SSSR count). The van der Waals surface area contributed by atoms with Gasteiger partial charge in [0.2, 0.25) is 0 Å². The Kier molecular flexibility index (Phi) is 4.74. The fraction of sp³-hybridized carbons (Fsp3) is 0.0204. The first kappa shape index (κ1) is 25.8. The zero-order chi connectivity index (χ0) is 32.0. The first-order valence-electron chi connectivity index (χ1n) is 17.3. The fourth-order valence-corrected chi connectivity index (χ4v) is 9.47. The van der Waals surface area contributed by atoms with Crippen molar-refractivity contribution in [3.8, 4) is 22.3 Å². The molecule has 0 unspecified atom stereocenters. The molecule has 0 heteroatoms. The Bertz CT molecular complexity index is 3290. The number of benzene rings is 12. The van der Waals surface area contributed by atoms with Gasteiger partial charge >= 0.3 is 0 Å². The molecule has 0 aliphatic heterocycles. The highest BCUT2D eigenvalue weighted by Gasteiger charge is 2.20. The molecule has 0 atom stereocenters. The summed E-state index contributed by atoms with van der Waals surface area (Å²) in [4.78, 5) is 0. The van der Waals surface area contributed by atoms with Crippen molar-refractivity contribution < 1.29 is 0 Å². The summed E-state index contributed by atoms with van der Waals surface area (Å²) >= 11 is 0. The van der Waals surface area contributed by atoms with E-state index >= 15 is 0 Å². The van der Waals surface area contributed by atoms with Gasteiger partial charge in [0.15, 0.2) is 0 Å². The van der Waals surface area contributed by atoms with E-state index in [0.29, 0.717) is 0 Å². The van der Waals surface area contributed by atoms with E-state index in [0.717, 1.165) is 0 Å². The molecule has 0 amide bonds. The Morgan fingerprint density at radius 2 is 0.551 bits per heavy atom. The summed E-state index contributed by atoms with van der Waals surface area (Å²) < 4.78 is 0. The summed E-state index contributed by atoms with van der Waals surface area (Å²) in [6.45, 7) is 2.28. The van der Waals surface area contributed by atoms with Crippen molar-refractivity contribution in [2.75, 3.05) is 0 Å². The van der Waals surface area contributed by atoms with Crippen LogP contribution in [0.1, 0.15) is 5.56 Å². The van der Waals surface area contributed by atoms with Crippen LogP contribution >= 0.6 is 0 Å². The highest BCUT2D eigenvalue weighted by Crippen LogP contribution is 2.48. The summed E-state index contributed by atoms with van der Waals surface area (Å²) in [7, 11) is 0. The molecule has 49 heavy (non-hydrogen) atoms. The van der Waals surface area contributed by atoms with Gasteiger partial charge in [-0.2, -0.15) is 0 Å². The zero-order valence-corrected chi connectivity index (χ0v) is 26.9. The van der Waals surface area contributed by atoms with Crippen molar-refractivity contribution >= 4 is 97.0 Å². The molecule has 0 aliphatic carbocycles. The van der Waals surface area contributed by atoms with E-state index in [1.165, 1.54) is 125 Å². The van der Waals surface area contributed by atoms with E-state index in [-0.39, 0.29) is 0 Å². The van der Waals surface area contributed by atoms with Crippen molar-refractivity contribution in [1.29, 1.82) is 0 Å². The lowest BCUT2D eigenvalue weighted by atomic mass is 9.83. The van der Waals surface area contributed by atoms with E-state index < -0.39 is 0 Å². The maximum absolute atomic E-state index is 2.43. The lowest BCUT2D eigenvalue weighted by Gasteiger charge is -2.20. The van der Waals surface area contributed by atoms with Crippen LogP contribution in [0.15, 0.2) is 152 Å². The summed E-state index contributed by atoms with van der Waals surface area (Å²) in [6.07, 6.45) is 0. The van der Waals surface area contributed by atoms with Gasteiger partial charge in [-0.1, -0.05) is 152 Å². The molecule has 0 N–H and O–H groups in total. The molecular formula is C49H28. The van der Waals surface area contributed by atoms with Gasteiger partial charge in [0.25, 0.3) is 0 Å². The zero-order valence-electron chi connectivity index (χ0n) is 26.9. The molecule has 224 valence electrons. The maximum Gasteiger partial charge on any atom is -0.00177 e. The van der Waals surface area contributed by atoms with E-state index in [2.05, 4.69) is 159 Å². The number of hydrogen-bond acceptors (Lipinski definition) is 0. The Morgan fingerprint density at radius 1 is 0.245 bits per heavy atom. The third-order valence-corrected chi connectivity index (χ3v) is 11.6. The Balaban J connectivity index is 1.18. The van der Waals surface area contributed by atoms with E-state index in [1.807, 2.05) is 0 Å². The number of aryl methyl sites for hydroxylation is 1. The van der Waals surface area contributed by atoms with Gasteiger partial charge in [-0.15, -0.1) is 0 Å². The molecule has 0 heterocycles. The van der Waals surface area contributed by atoms with Crippen LogP contribution in [0, 0.1) is 6.92 Å². The van der Waals surface area contributed by atoms with Gasteiger partial charge in [0, 0.05) is 0 Å². The highest BCUT2D eigenvalue weighted by molar-refractivity contribution is 6.32. The first-order valence-corrected chi connectivity index (χ1v) is 17.3. The van der Waals surface area contributed by atoms with Gasteiger partial charge in [0.05, 0.1) is 0 Å². The molecule has 0 radical (unpaired) electrons. The van der Waals surface area contributed by atoms with Crippen LogP contribution < -0.4 is 0 Å². The average Bonchev–Trinajstić information content (AvgIpc) is 3.15. The summed E-state index contributed by atoms with van der Waals surface area (Å²) in [5.41, 5.74) is 6.53. The van der Waals surface area contributed by atoms with Crippen molar-refractivity contribution in [3.63, 3.8) is 0 Å². The second-order valence-electron chi connectivity index (χ2n) is 14.0. The number of hydrogen-bond donors (Lipinski definition) is 0. The Hall–Kier alpha value is -6.24. The molecule has 0 bridgehead atoms. The topological polar surface area (TPSA) is 0 Å². The SMILES string of the molecule is Cc1cc(-c2ccc3ccc4cccc5ccc2c3c45)c2ccc3c(-c4ccc5ccc6cccc7ccc4c5c67)ccc4ccc1c2c43. The van der Waals surface area contributed by atoms with Crippen molar-refractivity contribution in [3.05, 3.63) is 157 Å².